The molecule has 0 amide bonds. The zero-order chi connectivity index (χ0) is 8.48. The minimum absolute atomic E-state index is 1.33. The van der Waals surface area contributed by atoms with Crippen LogP contribution in [-0.2, 0) is 10.3 Å². The Bertz CT molecular complexity index is 254. The molecule has 0 radical (unpaired) electrons. The van der Waals surface area contributed by atoms with Crippen LogP contribution in [0.1, 0.15) is 5.56 Å². The van der Waals surface area contributed by atoms with Crippen LogP contribution in [0.15, 0.2) is 24.3 Å². The van der Waals surface area contributed by atoms with Crippen molar-refractivity contribution >= 4 is 43.4 Å². The molecule has 60 valence electrons. The van der Waals surface area contributed by atoms with Gasteiger partial charge in [-0.2, -0.15) is 0 Å². The van der Waals surface area contributed by atoms with Gasteiger partial charge in [0.05, 0.1) is 0 Å². The molecular weight excluding hydrogens is 372 g/mol. The molecular formula is C7H7Br3Ti. The molecule has 0 heterocycles. The molecule has 1 aromatic carbocycles. The maximum absolute atomic E-state index is 3.66. The first-order chi connectivity index (χ1) is 5.02. The van der Waals surface area contributed by atoms with E-state index in [0.29, 0.717) is 0 Å². The molecule has 0 aromatic heterocycles. The molecule has 0 nitrogen and oxygen atoms in total. The third-order valence-electron chi connectivity index (χ3n) is 1.45. The molecule has 0 aliphatic rings. The summed E-state index contributed by atoms with van der Waals surface area (Å²) in [6, 6.07) is 8.39. The Morgan fingerprint density at radius 3 is 2.00 bits per heavy atom. The van der Waals surface area contributed by atoms with Gasteiger partial charge in [0.25, 0.3) is 0 Å². The minimum atomic E-state index is -2.12. The first kappa shape index (κ1) is 10.5. The van der Waals surface area contributed by atoms with Gasteiger partial charge in [-0.1, -0.05) is 0 Å². The molecule has 0 saturated heterocycles. The van der Waals surface area contributed by atoms with Gasteiger partial charge in [0.1, 0.15) is 0 Å². The van der Waals surface area contributed by atoms with E-state index in [4.69, 9.17) is 0 Å². The zero-order valence-electron chi connectivity index (χ0n) is 5.94. The first-order valence-corrected chi connectivity index (χ1v) is 15.5. The molecule has 11 heavy (non-hydrogen) atoms. The van der Waals surface area contributed by atoms with Crippen LogP contribution in [0, 0.1) is 6.92 Å². The molecule has 0 spiro atoms. The van der Waals surface area contributed by atoms with E-state index >= 15 is 0 Å². The monoisotopic (exact) mass is 376 g/mol. The second-order valence-electron chi connectivity index (χ2n) is 2.31. The summed E-state index contributed by atoms with van der Waals surface area (Å²) in [4.78, 5) is 0. The van der Waals surface area contributed by atoms with Crippen LogP contribution in [0.4, 0.5) is 0 Å². The van der Waals surface area contributed by atoms with Crippen LogP contribution in [0.25, 0.3) is 0 Å². The summed E-state index contributed by atoms with van der Waals surface area (Å²) in [5.74, 6) is 0. The number of benzene rings is 1. The summed E-state index contributed by atoms with van der Waals surface area (Å²) >= 11 is 11.0. The molecule has 1 rings (SSSR count). The van der Waals surface area contributed by atoms with Crippen LogP contribution in [0.3, 0.4) is 0 Å². The fourth-order valence-electron chi connectivity index (χ4n) is 0.891. The molecule has 0 saturated carbocycles. The summed E-state index contributed by atoms with van der Waals surface area (Å²) in [5, 5.41) is 0. The zero-order valence-corrected chi connectivity index (χ0v) is 12.3. The Labute approximate surface area is 89.3 Å². The topological polar surface area (TPSA) is 0 Å². The van der Waals surface area contributed by atoms with Crippen LogP contribution in [0.5, 0.6) is 0 Å². The van der Waals surface area contributed by atoms with Crippen molar-refractivity contribution in [3.05, 3.63) is 29.8 Å². The van der Waals surface area contributed by atoms with Crippen LogP contribution < -0.4 is 3.87 Å². The van der Waals surface area contributed by atoms with E-state index in [1.807, 2.05) is 0 Å². The van der Waals surface area contributed by atoms with E-state index < -0.39 is 10.3 Å². The molecule has 0 atom stereocenters. The van der Waals surface area contributed by atoms with E-state index in [0.717, 1.165) is 0 Å². The van der Waals surface area contributed by atoms with E-state index in [9.17, 15) is 0 Å². The third kappa shape index (κ3) is 2.96. The Balaban J connectivity index is 3.14. The van der Waals surface area contributed by atoms with Crippen molar-refractivity contribution in [3.8, 4) is 0 Å². The van der Waals surface area contributed by atoms with Gasteiger partial charge in [-0.15, -0.1) is 0 Å². The number of aryl methyl sites for hydroxylation is 1. The fourth-order valence-corrected chi connectivity index (χ4v) is 7.67. The van der Waals surface area contributed by atoms with Gasteiger partial charge in [-0.25, -0.2) is 0 Å². The molecule has 0 bridgehead atoms. The molecule has 4 heteroatoms. The van der Waals surface area contributed by atoms with Crippen molar-refractivity contribution in [2.24, 2.45) is 0 Å². The van der Waals surface area contributed by atoms with Gasteiger partial charge in [0.15, 0.2) is 0 Å². The summed E-state index contributed by atoms with van der Waals surface area (Å²) in [6.07, 6.45) is 0. The standard InChI is InChI=1S/C7H7.3BrH.Ti/c1-7-5-3-2-4-6-7;;;;/h2-5H,1H3;3*1H;/q;;;;+3/p-3. The fraction of sp³-hybridized carbons (Fsp3) is 0.143. The van der Waals surface area contributed by atoms with Crippen LogP contribution in [-0.4, -0.2) is 0 Å². The normalized spacial score (nSPS) is 11.6. The SMILES string of the molecule is Cc1cccc[c]1[Ti]([Br])([Br])[Br]. The summed E-state index contributed by atoms with van der Waals surface area (Å²) in [6.45, 7) is 2.12. The van der Waals surface area contributed by atoms with Gasteiger partial charge in [-0.05, 0) is 0 Å². The number of hydrogen-bond acceptors (Lipinski definition) is 0. The Morgan fingerprint density at radius 2 is 1.64 bits per heavy atom. The molecule has 0 aliphatic heterocycles. The predicted octanol–water partition coefficient (Wildman–Crippen LogP) is 3.70. The molecule has 0 aliphatic carbocycles. The maximum atomic E-state index is 3.66. The van der Waals surface area contributed by atoms with Crippen molar-refractivity contribution in [1.29, 1.82) is 0 Å². The van der Waals surface area contributed by atoms with Crippen molar-refractivity contribution < 1.29 is 10.3 Å². The van der Waals surface area contributed by atoms with Crippen molar-refractivity contribution in [2.45, 2.75) is 6.92 Å². The molecule has 1 aromatic rings. The van der Waals surface area contributed by atoms with Gasteiger partial charge in [-0.3, -0.25) is 0 Å². The summed E-state index contributed by atoms with van der Waals surface area (Å²) in [5.41, 5.74) is 1.33. The molecule has 0 N–H and O–H groups in total. The Hall–Kier alpha value is 1.37. The van der Waals surface area contributed by atoms with Gasteiger partial charge >= 0.3 is 90.4 Å². The third-order valence-corrected chi connectivity index (χ3v) is 8.56. The van der Waals surface area contributed by atoms with Crippen LogP contribution in [0.2, 0.25) is 0 Å². The quantitative estimate of drug-likeness (QED) is 0.654. The average Bonchev–Trinajstić information content (AvgIpc) is 1.86. The van der Waals surface area contributed by atoms with Gasteiger partial charge < -0.3 is 0 Å². The van der Waals surface area contributed by atoms with E-state index in [2.05, 4.69) is 70.7 Å². The predicted molar refractivity (Wildman–Crippen MR) is 57.6 cm³/mol. The molecule has 0 fully saturated rings. The summed E-state index contributed by atoms with van der Waals surface area (Å²) in [7, 11) is -2.12. The second kappa shape index (κ2) is 4.06. The Kier molecular flexibility index (Phi) is 3.85. The Morgan fingerprint density at radius 1 is 1.09 bits per heavy atom. The van der Waals surface area contributed by atoms with Gasteiger partial charge in [0, 0.05) is 0 Å². The van der Waals surface area contributed by atoms with Gasteiger partial charge in [0.2, 0.25) is 0 Å². The molecule has 0 unspecified atom stereocenters. The van der Waals surface area contributed by atoms with Crippen LogP contribution >= 0.6 is 39.5 Å². The van der Waals surface area contributed by atoms with Crippen molar-refractivity contribution in [3.63, 3.8) is 0 Å². The van der Waals surface area contributed by atoms with Crippen molar-refractivity contribution in [1.82, 2.24) is 0 Å². The number of hydrogen-bond donors (Lipinski definition) is 0. The van der Waals surface area contributed by atoms with E-state index in [-0.39, 0.29) is 0 Å². The van der Waals surface area contributed by atoms with E-state index in [1.54, 1.807) is 0 Å². The van der Waals surface area contributed by atoms with Crippen molar-refractivity contribution in [2.75, 3.05) is 0 Å². The number of halogens is 3. The van der Waals surface area contributed by atoms with E-state index in [1.165, 1.54) is 9.43 Å². The summed E-state index contributed by atoms with van der Waals surface area (Å²) < 4.78 is 1.38. The number of rotatable bonds is 1. The second-order valence-corrected chi connectivity index (χ2v) is 32.6. The average molecular weight is 379 g/mol. The first-order valence-electron chi connectivity index (χ1n) is 3.14.